The Bertz CT molecular complexity index is 614. The molecule has 0 saturated heterocycles. The van der Waals surface area contributed by atoms with Crippen molar-refractivity contribution in [3.63, 3.8) is 0 Å². The molecule has 0 amide bonds. The highest BCUT2D eigenvalue weighted by molar-refractivity contribution is 5.60. The van der Waals surface area contributed by atoms with Gasteiger partial charge in [-0.25, -0.2) is 4.39 Å². The molecule has 20 heavy (non-hydrogen) atoms. The Hall–Kier alpha value is -2.15. The molecule has 1 N–H and O–H groups in total. The van der Waals surface area contributed by atoms with Crippen LogP contribution in [0.15, 0.2) is 36.4 Å². The van der Waals surface area contributed by atoms with Gasteiger partial charge in [0.15, 0.2) is 11.6 Å². The molecule has 0 bridgehead atoms. The summed E-state index contributed by atoms with van der Waals surface area (Å²) in [6.07, 6.45) is -4.95. The van der Waals surface area contributed by atoms with Crippen LogP contribution in [-0.2, 0) is 6.61 Å². The van der Waals surface area contributed by atoms with Gasteiger partial charge in [-0.05, 0) is 30.3 Å². The van der Waals surface area contributed by atoms with Crippen molar-refractivity contribution in [3.05, 3.63) is 47.9 Å². The van der Waals surface area contributed by atoms with Crippen LogP contribution in [0.5, 0.6) is 5.75 Å². The second kappa shape index (κ2) is 5.46. The molecule has 0 unspecified atom stereocenters. The van der Waals surface area contributed by atoms with Crippen molar-refractivity contribution in [3.8, 4) is 17.0 Å². The Morgan fingerprint density at radius 2 is 1.90 bits per heavy atom. The maximum absolute atomic E-state index is 13.5. The first-order chi connectivity index (χ1) is 9.39. The summed E-state index contributed by atoms with van der Waals surface area (Å²) in [5.74, 6) is -2.05. The van der Waals surface area contributed by atoms with Crippen LogP contribution < -0.4 is 4.74 Å². The van der Waals surface area contributed by atoms with Gasteiger partial charge in [0, 0.05) is 5.56 Å². The van der Waals surface area contributed by atoms with Crippen LogP contribution in [0.2, 0.25) is 0 Å². The largest absolute Gasteiger partial charge is 0.573 e. The fraction of sp³-hybridized carbons (Fsp3) is 0.154. The molecule has 3 nitrogen and oxygen atoms in total. The first-order valence-corrected chi connectivity index (χ1v) is 5.51. The number of ether oxygens (including phenoxy) is 1. The number of halogens is 4. The summed E-state index contributed by atoms with van der Waals surface area (Å²) in [6, 6.07) is 7.76. The molecular formula is C13H9F4NO2. The van der Waals surface area contributed by atoms with E-state index in [0.717, 1.165) is 12.1 Å². The van der Waals surface area contributed by atoms with Crippen LogP contribution in [0.3, 0.4) is 0 Å². The van der Waals surface area contributed by atoms with Crippen LogP contribution >= 0.6 is 0 Å². The minimum Gasteiger partial charge on any atom is -0.403 e. The van der Waals surface area contributed by atoms with E-state index in [4.69, 9.17) is 5.11 Å². The number of alkyl halides is 3. The standard InChI is InChI=1S/C13H9F4NO2/c14-10-6-8(4-5-12(10)20-13(15,16)17)11-3-1-2-9(7-19)18-11/h1-6,19H,7H2. The highest BCUT2D eigenvalue weighted by atomic mass is 19.4. The lowest BCUT2D eigenvalue weighted by atomic mass is 10.1. The quantitative estimate of drug-likeness (QED) is 0.881. The van der Waals surface area contributed by atoms with Crippen molar-refractivity contribution in [1.82, 2.24) is 4.98 Å². The zero-order valence-electron chi connectivity index (χ0n) is 9.99. The van der Waals surface area contributed by atoms with Gasteiger partial charge < -0.3 is 9.84 Å². The number of aliphatic hydroxyl groups excluding tert-OH is 1. The van der Waals surface area contributed by atoms with Crippen LogP contribution in [0.4, 0.5) is 17.6 Å². The van der Waals surface area contributed by atoms with E-state index in [-0.39, 0.29) is 12.2 Å². The molecular weight excluding hydrogens is 278 g/mol. The molecule has 2 rings (SSSR count). The molecule has 0 saturated carbocycles. The zero-order valence-corrected chi connectivity index (χ0v) is 9.99. The van der Waals surface area contributed by atoms with E-state index in [2.05, 4.69) is 9.72 Å². The van der Waals surface area contributed by atoms with Gasteiger partial charge in [-0.3, -0.25) is 4.98 Å². The third kappa shape index (κ3) is 3.45. The fourth-order valence-corrected chi connectivity index (χ4v) is 1.60. The topological polar surface area (TPSA) is 42.4 Å². The van der Waals surface area contributed by atoms with Gasteiger partial charge in [0.1, 0.15) is 0 Å². The summed E-state index contributed by atoms with van der Waals surface area (Å²) >= 11 is 0. The van der Waals surface area contributed by atoms with Crippen molar-refractivity contribution in [2.75, 3.05) is 0 Å². The van der Waals surface area contributed by atoms with E-state index in [1.54, 1.807) is 18.2 Å². The van der Waals surface area contributed by atoms with Gasteiger partial charge in [0.05, 0.1) is 18.0 Å². The number of hydrogen-bond acceptors (Lipinski definition) is 3. The number of rotatable bonds is 3. The second-order valence-corrected chi connectivity index (χ2v) is 3.87. The van der Waals surface area contributed by atoms with E-state index in [1.165, 1.54) is 6.07 Å². The summed E-state index contributed by atoms with van der Waals surface area (Å²) in [6.45, 7) is -0.286. The summed E-state index contributed by atoms with van der Waals surface area (Å²) in [4.78, 5) is 4.03. The van der Waals surface area contributed by atoms with Gasteiger partial charge in [-0.2, -0.15) is 0 Å². The molecule has 0 spiro atoms. The first-order valence-electron chi connectivity index (χ1n) is 5.51. The summed E-state index contributed by atoms with van der Waals surface area (Å²) in [7, 11) is 0. The van der Waals surface area contributed by atoms with Crippen LogP contribution in [0.25, 0.3) is 11.3 Å². The maximum atomic E-state index is 13.5. The molecule has 0 aliphatic rings. The smallest absolute Gasteiger partial charge is 0.403 e. The third-order valence-electron chi connectivity index (χ3n) is 2.42. The van der Waals surface area contributed by atoms with E-state index in [9.17, 15) is 17.6 Å². The SMILES string of the molecule is OCc1cccc(-c2ccc(OC(F)(F)F)c(F)c2)n1. The number of hydrogen-bond donors (Lipinski definition) is 1. The van der Waals surface area contributed by atoms with Crippen molar-refractivity contribution < 1.29 is 27.4 Å². The minimum absolute atomic E-state index is 0.285. The van der Waals surface area contributed by atoms with Crippen molar-refractivity contribution in [2.24, 2.45) is 0 Å². The molecule has 0 radical (unpaired) electrons. The summed E-state index contributed by atoms with van der Waals surface area (Å²) < 4.78 is 53.1. The monoisotopic (exact) mass is 287 g/mol. The lowest BCUT2D eigenvalue weighted by Crippen LogP contribution is -2.17. The Kier molecular flexibility index (Phi) is 3.89. The zero-order chi connectivity index (χ0) is 14.8. The molecule has 106 valence electrons. The first kappa shape index (κ1) is 14.3. The number of pyridine rings is 1. The van der Waals surface area contributed by atoms with Gasteiger partial charge in [0.25, 0.3) is 0 Å². The Balaban J connectivity index is 2.33. The Labute approximate surface area is 111 Å². The van der Waals surface area contributed by atoms with Gasteiger partial charge in [-0.15, -0.1) is 13.2 Å². The van der Waals surface area contributed by atoms with Crippen molar-refractivity contribution in [2.45, 2.75) is 13.0 Å². The summed E-state index contributed by atoms with van der Waals surface area (Å²) in [5.41, 5.74) is 1.000. The minimum atomic E-state index is -4.95. The van der Waals surface area contributed by atoms with Gasteiger partial charge in [-0.1, -0.05) is 6.07 Å². The third-order valence-corrected chi connectivity index (χ3v) is 2.42. The predicted molar refractivity (Wildman–Crippen MR) is 62.2 cm³/mol. The van der Waals surface area contributed by atoms with Crippen LogP contribution in [-0.4, -0.2) is 16.5 Å². The van der Waals surface area contributed by atoms with Gasteiger partial charge >= 0.3 is 6.36 Å². The van der Waals surface area contributed by atoms with Crippen molar-refractivity contribution >= 4 is 0 Å². The molecule has 0 atom stereocenters. The highest BCUT2D eigenvalue weighted by Gasteiger charge is 2.32. The number of aliphatic hydroxyl groups is 1. The van der Waals surface area contributed by atoms with Crippen LogP contribution in [0.1, 0.15) is 5.69 Å². The average molecular weight is 287 g/mol. The molecule has 0 aliphatic carbocycles. The lowest BCUT2D eigenvalue weighted by molar-refractivity contribution is -0.275. The normalized spacial score (nSPS) is 11.4. The Morgan fingerprint density at radius 1 is 1.15 bits per heavy atom. The lowest BCUT2D eigenvalue weighted by Gasteiger charge is -2.10. The number of benzene rings is 1. The van der Waals surface area contributed by atoms with Crippen LogP contribution in [0, 0.1) is 5.82 Å². The molecule has 0 fully saturated rings. The molecule has 1 aromatic heterocycles. The number of nitrogens with zero attached hydrogens (tertiary/aromatic N) is 1. The molecule has 7 heteroatoms. The highest BCUT2D eigenvalue weighted by Crippen LogP contribution is 2.28. The van der Waals surface area contributed by atoms with E-state index in [0.29, 0.717) is 11.4 Å². The fourth-order valence-electron chi connectivity index (χ4n) is 1.60. The predicted octanol–water partition coefficient (Wildman–Crippen LogP) is 3.28. The van der Waals surface area contributed by atoms with Crippen molar-refractivity contribution in [1.29, 1.82) is 0 Å². The van der Waals surface area contributed by atoms with E-state index in [1.807, 2.05) is 0 Å². The number of aromatic nitrogens is 1. The second-order valence-electron chi connectivity index (χ2n) is 3.87. The van der Waals surface area contributed by atoms with E-state index >= 15 is 0 Å². The Morgan fingerprint density at radius 3 is 2.50 bits per heavy atom. The van der Waals surface area contributed by atoms with Gasteiger partial charge in [0.2, 0.25) is 0 Å². The maximum Gasteiger partial charge on any atom is 0.573 e. The molecule has 2 aromatic rings. The molecule has 1 aromatic carbocycles. The summed E-state index contributed by atoms with van der Waals surface area (Å²) in [5, 5.41) is 8.95. The average Bonchev–Trinajstić information content (AvgIpc) is 2.40. The molecule has 0 aliphatic heterocycles. The molecule has 1 heterocycles. The van der Waals surface area contributed by atoms with E-state index < -0.39 is 17.9 Å².